The molecule has 86 valence electrons. The maximum Gasteiger partial charge on any atom is 0.178 e. The van der Waals surface area contributed by atoms with E-state index in [9.17, 15) is 0 Å². The zero-order chi connectivity index (χ0) is 11.8. The molecule has 0 atom stereocenters. The van der Waals surface area contributed by atoms with Crippen molar-refractivity contribution in [2.24, 2.45) is 0 Å². The van der Waals surface area contributed by atoms with E-state index >= 15 is 0 Å². The van der Waals surface area contributed by atoms with Gasteiger partial charge in [0.25, 0.3) is 0 Å². The van der Waals surface area contributed by atoms with Gasteiger partial charge in [-0.2, -0.15) is 0 Å². The average molecular weight is 244 g/mol. The fourth-order valence-corrected chi connectivity index (χ4v) is 2.31. The lowest BCUT2D eigenvalue weighted by Crippen LogP contribution is -1.98. The van der Waals surface area contributed by atoms with Crippen LogP contribution in [0.5, 0.6) is 0 Å². The zero-order valence-electron chi connectivity index (χ0n) is 9.43. The largest absolute Gasteiger partial charge is 0.472 e. The Bertz CT molecular complexity index is 707. The summed E-state index contributed by atoms with van der Waals surface area (Å²) in [7, 11) is 0. The number of rotatable bonds is 2. The van der Waals surface area contributed by atoms with Gasteiger partial charge in [-0.1, -0.05) is 12.1 Å². The van der Waals surface area contributed by atoms with Gasteiger partial charge in [0.15, 0.2) is 4.77 Å². The maximum atomic E-state index is 5.36. The topological polar surface area (TPSA) is 33.9 Å². The molecular weight excluding hydrogens is 232 g/mol. The van der Waals surface area contributed by atoms with E-state index in [-0.39, 0.29) is 0 Å². The van der Waals surface area contributed by atoms with Gasteiger partial charge >= 0.3 is 0 Å². The molecule has 0 bridgehead atoms. The van der Waals surface area contributed by atoms with E-state index in [1.54, 1.807) is 12.5 Å². The van der Waals surface area contributed by atoms with Gasteiger partial charge in [0.1, 0.15) is 0 Å². The van der Waals surface area contributed by atoms with Crippen LogP contribution in [0.15, 0.2) is 41.2 Å². The van der Waals surface area contributed by atoms with Crippen molar-refractivity contribution in [2.75, 3.05) is 0 Å². The number of para-hydroxylation sites is 1. The number of aryl methyl sites for hydroxylation is 1. The Morgan fingerprint density at radius 3 is 3.00 bits per heavy atom. The van der Waals surface area contributed by atoms with Gasteiger partial charge in [-0.15, -0.1) is 0 Å². The number of H-pyrrole nitrogens is 1. The number of hydrogen-bond acceptors (Lipinski definition) is 2. The second-order valence-corrected chi connectivity index (χ2v) is 4.50. The molecule has 3 nitrogen and oxygen atoms in total. The van der Waals surface area contributed by atoms with E-state index in [1.807, 2.05) is 12.1 Å². The van der Waals surface area contributed by atoms with Crippen LogP contribution in [0.3, 0.4) is 0 Å². The van der Waals surface area contributed by atoms with Crippen LogP contribution in [0.2, 0.25) is 0 Å². The summed E-state index contributed by atoms with van der Waals surface area (Å²) in [5.74, 6) is 0. The molecule has 0 aliphatic carbocycles. The van der Waals surface area contributed by atoms with Crippen molar-refractivity contribution in [1.29, 1.82) is 0 Å². The van der Waals surface area contributed by atoms with Gasteiger partial charge < -0.3 is 14.0 Å². The van der Waals surface area contributed by atoms with Crippen LogP contribution in [0.25, 0.3) is 11.0 Å². The number of nitrogens with one attached hydrogen (secondary N) is 1. The van der Waals surface area contributed by atoms with Crippen LogP contribution in [0.4, 0.5) is 0 Å². The Morgan fingerprint density at radius 2 is 2.24 bits per heavy atom. The molecule has 0 radical (unpaired) electrons. The first-order valence-corrected chi connectivity index (χ1v) is 5.86. The molecule has 1 N–H and O–H groups in total. The van der Waals surface area contributed by atoms with Crippen molar-refractivity contribution in [2.45, 2.75) is 13.5 Å². The fraction of sp³-hybridized carbons (Fsp3) is 0.154. The molecule has 3 aromatic rings. The molecular formula is C13H12N2OS. The number of aromatic nitrogens is 2. The quantitative estimate of drug-likeness (QED) is 0.698. The Morgan fingerprint density at radius 1 is 1.35 bits per heavy atom. The van der Waals surface area contributed by atoms with E-state index in [1.165, 1.54) is 5.56 Å². The fourth-order valence-electron chi connectivity index (χ4n) is 2.05. The summed E-state index contributed by atoms with van der Waals surface area (Å²) in [4.78, 5) is 3.25. The molecule has 0 fully saturated rings. The minimum atomic E-state index is 0.735. The first-order chi connectivity index (χ1) is 8.25. The van der Waals surface area contributed by atoms with Crippen LogP contribution in [0.1, 0.15) is 11.1 Å². The molecule has 17 heavy (non-hydrogen) atoms. The smallest absolute Gasteiger partial charge is 0.178 e. The number of fused-ring (bicyclic) bond motifs is 1. The van der Waals surface area contributed by atoms with E-state index in [4.69, 9.17) is 16.6 Å². The van der Waals surface area contributed by atoms with Crippen LogP contribution < -0.4 is 0 Å². The summed E-state index contributed by atoms with van der Waals surface area (Å²) in [6.07, 6.45) is 3.43. The van der Waals surface area contributed by atoms with E-state index in [0.29, 0.717) is 0 Å². The summed E-state index contributed by atoms with van der Waals surface area (Å²) >= 11 is 5.36. The van der Waals surface area contributed by atoms with Gasteiger partial charge in [-0.3, -0.25) is 0 Å². The Labute approximate surface area is 104 Å². The molecule has 2 heterocycles. The van der Waals surface area contributed by atoms with Crippen molar-refractivity contribution in [3.8, 4) is 0 Å². The molecule has 0 unspecified atom stereocenters. The standard InChI is InChI=1S/C13H12N2OS/c1-9-3-2-4-11-12(9)14-13(17)15(11)7-10-5-6-16-8-10/h2-6,8H,7H2,1H3,(H,14,17). The van der Waals surface area contributed by atoms with Crippen molar-refractivity contribution in [3.63, 3.8) is 0 Å². The monoisotopic (exact) mass is 244 g/mol. The summed E-state index contributed by atoms with van der Waals surface area (Å²) in [5, 5.41) is 0. The maximum absolute atomic E-state index is 5.36. The molecule has 3 rings (SSSR count). The molecule has 0 aliphatic heterocycles. The predicted molar refractivity (Wildman–Crippen MR) is 69.7 cm³/mol. The number of imidazole rings is 1. The second kappa shape index (κ2) is 3.89. The number of nitrogens with zero attached hydrogens (tertiary/aromatic N) is 1. The second-order valence-electron chi connectivity index (χ2n) is 4.12. The lowest BCUT2D eigenvalue weighted by atomic mass is 10.2. The Hall–Kier alpha value is -1.81. The van der Waals surface area contributed by atoms with Gasteiger partial charge in [0.05, 0.1) is 30.1 Å². The molecule has 0 amide bonds. The minimum Gasteiger partial charge on any atom is -0.472 e. The molecule has 4 heteroatoms. The van der Waals surface area contributed by atoms with Crippen molar-refractivity contribution >= 4 is 23.3 Å². The highest BCUT2D eigenvalue weighted by Crippen LogP contribution is 2.19. The normalized spacial score (nSPS) is 11.1. The third-order valence-corrected chi connectivity index (χ3v) is 3.26. The first-order valence-electron chi connectivity index (χ1n) is 5.45. The number of furan rings is 1. The molecule has 0 aliphatic rings. The molecule has 0 spiro atoms. The lowest BCUT2D eigenvalue weighted by molar-refractivity contribution is 0.562. The van der Waals surface area contributed by atoms with E-state index < -0.39 is 0 Å². The predicted octanol–water partition coefficient (Wildman–Crippen LogP) is 3.65. The number of benzene rings is 1. The summed E-state index contributed by atoms with van der Waals surface area (Å²) < 4.78 is 7.91. The average Bonchev–Trinajstić information content (AvgIpc) is 2.91. The molecule has 1 aromatic carbocycles. The highest BCUT2D eigenvalue weighted by atomic mass is 32.1. The lowest BCUT2D eigenvalue weighted by Gasteiger charge is -2.02. The van der Waals surface area contributed by atoms with Gasteiger partial charge in [-0.05, 0) is 36.8 Å². The molecule has 0 saturated carbocycles. The Kier molecular flexibility index (Phi) is 2.37. The molecule has 0 saturated heterocycles. The third-order valence-electron chi connectivity index (χ3n) is 2.94. The molecule has 2 aromatic heterocycles. The Balaban J connectivity index is 2.19. The zero-order valence-corrected chi connectivity index (χ0v) is 10.3. The van der Waals surface area contributed by atoms with Crippen molar-refractivity contribution in [1.82, 2.24) is 9.55 Å². The summed E-state index contributed by atoms with van der Waals surface area (Å²) in [5.41, 5.74) is 4.57. The van der Waals surface area contributed by atoms with E-state index in [2.05, 4.69) is 28.6 Å². The highest BCUT2D eigenvalue weighted by Gasteiger charge is 2.06. The SMILES string of the molecule is Cc1cccc2c1[nH]c(=S)n2Cc1ccoc1. The van der Waals surface area contributed by atoms with Crippen LogP contribution in [-0.2, 0) is 6.54 Å². The summed E-state index contributed by atoms with van der Waals surface area (Å²) in [6, 6.07) is 8.16. The minimum absolute atomic E-state index is 0.735. The van der Waals surface area contributed by atoms with Crippen LogP contribution >= 0.6 is 12.2 Å². The van der Waals surface area contributed by atoms with Crippen LogP contribution in [-0.4, -0.2) is 9.55 Å². The van der Waals surface area contributed by atoms with E-state index in [0.717, 1.165) is 27.9 Å². The van der Waals surface area contributed by atoms with Gasteiger partial charge in [0.2, 0.25) is 0 Å². The number of aromatic amines is 1. The van der Waals surface area contributed by atoms with Crippen LogP contribution in [0, 0.1) is 11.7 Å². The first kappa shape index (κ1) is 10.4. The van der Waals surface area contributed by atoms with Gasteiger partial charge in [-0.25, -0.2) is 0 Å². The summed E-state index contributed by atoms with van der Waals surface area (Å²) in [6.45, 7) is 2.81. The van der Waals surface area contributed by atoms with Crippen molar-refractivity contribution in [3.05, 3.63) is 52.7 Å². The van der Waals surface area contributed by atoms with Crippen molar-refractivity contribution < 1.29 is 4.42 Å². The highest BCUT2D eigenvalue weighted by molar-refractivity contribution is 7.71. The third kappa shape index (κ3) is 1.70. The number of hydrogen-bond donors (Lipinski definition) is 1. The van der Waals surface area contributed by atoms with Gasteiger partial charge in [0, 0.05) is 5.56 Å².